The molecule has 0 spiro atoms. The fourth-order valence-corrected chi connectivity index (χ4v) is 1.42. The van der Waals surface area contributed by atoms with Crippen LogP contribution in [-0.4, -0.2) is 6.21 Å². The van der Waals surface area contributed by atoms with Crippen molar-refractivity contribution in [1.29, 1.82) is 0 Å². The topological polar surface area (TPSA) is 24.4 Å². The first kappa shape index (κ1) is 12.2. The third kappa shape index (κ3) is 3.38. The molecule has 0 aliphatic heterocycles. The second-order valence-corrected chi connectivity index (χ2v) is 3.70. The zero-order valence-electron chi connectivity index (χ0n) is 9.55. The molecule has 0 atom stereocenters. The van der Waals surface area contributed by atoms with Gasteiger partial charge in [0.05, 0.1) is 11.9 Å². The zero-order valence-corrected chi connectivity index (χ0v) is 9.55. The Morgan fingerprint density at radius 1 is 0.944 bits per heavy atom. The number of nitrogens with one attached hydrogen (secondary N) is 1. The number of rotatable bonds is 4. The summed E-state index contributed by atoms with van der Waals surface area (Å²) in [6.45, 7) is 0. The van der Waals surface area contributed by atoms with Crippen LogP contribution in [0.15, 0.2) is 59.7 Å². The minimum atomic E-state index is -2.43. The number of nitrogens with zero attached hydrogens (tertiary/aromatic N) is 1. The molecule has 2 rings (SSSR count). The summed E-state index contributed by atoms with van der Waals surface area (Å²) in [4.78, 5) is 0. The Morgan fingerprint density at radius 2 is 1.61 bits per heavy atom. The first-order valence-electron chi connectivity index (χ1n) is 5.48. The maximum atomic E-state index is 12.3. The van der Waals surface area contributed by atoms with E-state index in [0.29, 0.717) is 0 Å². The monoisotopic (exact) mass is 246 g/mol. The minimum absolute atomic E-state index is 0.0168. The lowest BCUT2D eigenvalue weighted by Gasteiger charge is -2.00. The highest BCUT2D eigenvalue weighted by Gasteiger charge is 2.04. The normalized spacial score (nSPS) is 11.1. The average Bonchev–Trinajstić information content (AvgIpc) is 2.40. The van der Waals surface area contributed by atoms with Crippen LogP contribution in [-0.2, 0) is 0 Å². The summed E-state index contributed by atoms with van der Waals surface area (Å²) in [5, 5.41) is 4.02. The van der Waals surface area contributed by atoms with Gasteiger partial charge in [-0.15, -0.1) is 0 Å². The Kier molecular flexibility index (Phi) is 4.02. The lowest BCUT2D eigenvalue weighted by Crippen LogP contribution is -1.91. The van der Waals surface area contributed by atoms with Crippen LogP contribution in [0, 0.1) is 0 Å². The number of anilines is 1. The average molecular weight is 246 g/mol. The maximum absolute atomic E-state index is 12.3. The highest BCUT2D eigenvalue weighted by Crippen LogP contribution is 2.18. The first-order valence-corrected chi connectivity index (χ1v) is 5.48. The van der Waals surface area contributed by atoms with Gasteiger partial charge >= 0.3 is 0 Å². The van der Waals surface area contributed by atoms with Gasteiger partial charge in [-0.25, -0.2) is 8.78 Å². The molecule has 0 aromatic heterocycles. The number of halogens is 2. The molecule has 0 aliphatic carbocycles. The molecule has 0 saturated carbocycles. The molecule has 2 nitrogen and oxygen atoms in total. The van der Waals surface area contributed by atoms with E-state index < -0.39 is 6.43 Å². The van der Waals surface area contributed by atoms with E-state index in [0.717, 1.165) is 11.3 Å². The molecule has 92 valence electrons. The molecule has 0 aliphatic rings. The van der Waals surface area contributed by atoms with Crippen molar-refractivity contribution >= 4 is 11.9 Å². The van der Waals surface area contributed by atoms with E-state index in [4.69, 9.17) is 0 Å². The molecule has 0 saturated heterocycles. The molecular weight excluding hydrogens is 234 g/mol. The molecule has 0 unspecified atom stereocenters. The SMILES string of the molecule is FC(F)c1ccc(C=NNc2ccccc2)cc1. The maximum Gasteiger partial charge on any atom is 0.263 e. The van der Waals surface area contributed by atoms with Crippen LogP contribution in [0.1, 0.15) is 17.6 Å². The predicted octanol–water partition coefficient (Wildman–Crippen LogP) is 4.07. The van der Waals surface area contributed by atoms with Gasteiger partial charge in [0, 0.05) is 5.56 Å². The van der Waals surface area contributed by atoms with E-state index in [1.807, 2.05) is 30.3 Å². The van der Waals surface area contributed by atoms with Crippen LogP contribution in [0.3, 0.4) is 0 Å². The van der Waals surface area contributed by atoms with Crippen molar-refractivity contribution in [3.8, 4) is 0 Å². The standard InChI is InChI=1S/C14H12F2N2/c15-14(16)12-8-6-11(7-9-12)10-17-18-13-4-2-1-3-5-13/h1-10,14,18H. The quantitative estimate of drug-likeness (QED) is 0.638. The summed E-state index contributed by atoms with van der Waals surface area (Å²) < 4.78 is 24.7. The first-order chi connectivity index (χ1) is 8.75. The zero-order chi connectivity index (χ0) is 12.8. The smallest absolute Gasteiger partial charge is 0.263 e. The van der Waals surface area contributed by atoms with Crippen LogP contribution in [0.2, 0.25) is 0 Å². The third-order valence-electron chi connectivity index (χ3n) is 2.37. The van der Waals surface area contributed by atoms with Crippen LogP contribution in [0.5, 0.6) is 0 Å². The number of alkyl halides is 2. The molecular formula is C14H12F2N2. The molecule has 0 radical (unpaired) electrons. The Balaban J connectivity index is 1.97. The van der Waals surface area contributed by atoms with E-state index in [2.05, 4.69) is 10.5 Å². The number of hydrogen-bond acceptors (Lipinski definition) is 2. The molecule has 0 heterocycles. The summed E-state index contributed by atoms with van der Waals surface area (Å²) in [7, 11) is 0. The highest BCUT2D eigenvalue weighted by molar-refractivity contribution is 5.80. The largest absolute Gasteiger partial charge is 0.279 e. The second kappa shape index (κ2) is 5.91. The van der Waals surface area contributed by atoms with Gasteiger partial charge in [0.15, 0.2) is 0 Å². The van der Waals surface area contributed by atoms with Crippen LogP contribution >= 0.6 is 0 Å². The lowest BCUT2D eigenvalue weighted by molar-refractivity contribution is 0.151. The molecule has 2 aromatic carbocycles. The predicted molar refractivity (Wildman–Crippen MR) is 69.1 cm³/mol. The lowest BCUT2D eigenvalue weighted by atomic mass is 10.1. The van der Waals surface area contributed by atoms with E-state index in [1.165, 1.54) is 12.1 Å². The Hall–Kier alpha value is -2.23. The van der Waals surface area contributed by atoms with Crippen molar-refractivity contribution < 1.29 is 8.78 Å². The van der Waals surface area contributed by atoms with Gasteiger partial charge in [-0.05, 0) is 17.7 Å². The highest BCUT2D eigenvalue weighted by atomic mass is 19.3. The molecule has 0 amide bonds. The second-order valence-electron chi connectivity index (χ2n) is 3.70. The van der Waals surface area contributed by atoms with Gasteiger partial charge in [-0.1, -0.05) is 42.5 Å². The van der Waals surface area contributed by atoms with Crippen LogP contribution in [0.25, 0.3) is 0 Å². The fourth-order valence-electron chi connectivity index (χ4n) is 1.42. The summed E-state index contributed by atoms with van der Waals surface area (Å²) >= 11 is 0. The summed E-state index contributed by atoms with van der Waals surface area (Å²) in [5.41, 5.74) is 4.51. The van der Waals surface area contributed by atoms with Gasteiger partial charge in [-0.3, -0.25) is 5.43 Å². The Labute approximate surface area is 104 Å². The van der Waals surface area contributed by atoms with Crippen molar-refractivity contribution in [2.75, 3.05) is 5.43 Å². The van der Waals surface area contributed by atoms with Crippen molar-refractivity contribution in [2.24, 2.45) is 5.10 Å². The van der Waals surface area contributed by atoms with E-state index in [-0.39, 0.29) is 5.56 Å². The minimum Gasteiger partial charge on any atom is -0.279 e. The summed E-state index contributed by atoms with van der Waals surface area (Å²) in [6, 6.07) is 15.5. The van der Waals surface area contributed by atoms with Gasteiger partial charge in [-0.2, -0.15) is 5.10 Å². The number of para-hydroxylation sites is 1. The van der Waals surface area contributed by atoms with E-state index in [1.54, 1.807) is 18.3 Å². The summed E-state index contributed by atoms with van der Waals surface area (Å²) in [6.07, 6.45) is -0.846. The third-order valence-corrected chi connectivity index (χ3v) is 2.37. The molecule has 1 N–H and O–H groups in total. The molecule has 0 bridgehead atoms. The Morgan fingerprint density at radius 3 is 2.22 bits per heavy atom. The van der Waals surface area contributed by atoms with Crippen LogP contribution in [0.4, 0.5) is 14.5 Å². The van der Waals surface area contributed by atoms with Gasteiger partial charge < -0.3 is 0 Å². The van der Waals surface area contributed by atoms with Crippen LogP contribution < -0.4 is 5.43 Å². The van der Waals surface area contributed by atoms with Crippen molar-refractivity contribution in [2.45, 2.75) is 6.43 Å². The van der Waals surface area contributed by atoms with E-state index in [9.17, 15) is 8.78 Å². The number of hydrazone groups is 1. The Bertz CT molecular complexity index is 507. The van der Waals surface area contributed by atoms with Gasteiger partial charge in [0.1, 0.15) is 0 Å². The molecule has 18 heavy (non-hydrogen) atoms. The van der Waals surface area contributed by atoms with Crippen molar-refractivity contribution in [1.82, 2.24) is 0 Å². The molecule has 4 heteroatoms. The van der Waals surface area contributed by atoms with Crippen molar-refractivity contribution in [3.63, 3.8) is 0 Å². The molecule has 0 fully saturated rings. The van der Waals surface area contributed by atoms with E-state index >= 15 is 0 Å². The van der Waals surface area contributed by atoms with Crippen molar-refractivity contribution in [3.05, 3.63) is 65.7 Å². The number of benzene rings is 2. The van der Waals surface area contributed by atoms with Gasteiger partial charge in [0.2, 0.25) is 0 Å². The number of hydrogen-bond donors (Lipinski definition) is 1. The summed E-state index contributed by atoms with van der Waals surface area (Å²) in [5.74, 6) is 0. The van der Waals surface area contributed by atoms with Gasteiger partial charge in [0.25, 0.3) is 6.43 Å². The molecule has 2 aromatic rings. The fraction of sp³-hybridized carbons (Fsp3) is 0.0714.